The Morgan fingerprint density at radius 3 is 2.35 bits per heavy atom. The molecular formula is C16H29B2F2N3. The summed E-state index contributed by atoms with van der Waals surface area (Å²) in [6, 6.07) is 0. The van der Waals surface area contributed by atoms with Crippen LogP contribution in [0.5, 0.6) is 0 Å². The molecule has 0 aromatic carbocycles. The molecule has 1 aliphatic carbocycles. The minimum atomic E-state index is -2.88. The molecular weight excluding hydrogens is 294 g/mol. The SMILES string of the molecule is CBC(C)(C)C1CCc2c(nnn2C(C)(C)BC)C(F)(F)CC1. The molecule has 23 heavy (non-hydrogen) atoms. The van der Waals surface area contributed by atoms with Crippen molar-refractivity contribution in [2.75, 3.05) is 0 Å². The number of halogens is 2. The molecule has 0 N–H and O–H groups in total. The number of nitrogens with zero attached hydrogens (tertiary/aromatic N) is 3. The first-order chi connectivity index (χ1) is 10.5. The van der Waals surface area contributed by atoms with E-state index in [4.69, 9.17) is 0 Å². The second-order valence-electron chi connectivity index (χ2n) is 8.28. The molecule has 0 spiro atoms. The minimum Gasteiger partial charge on any atom is -0.251 e. The average molecular weight is 323 g/mol. The van der Waals surface area contributed by atoms with Gasteiger partial charge in [-0.05, 0) is 39.0 Å². The highest BCUT2D eigenvalue weighted by Gasteiger charge is 2.43. The van der Waals surface area contributed by atoms with E-state index in [9.17, 15) is 8.78 Å². The van der Waals surface area contributed by atoms with Crippen LogP contribution in [0.3, 0.4) is 0 Å². The predicted octanol–water partition coefficient (Wildman–Crippen LogP) is 3.57. The lowest BCUT2D eigenvalue weighted by atomic mass is 9.49. The van der Waals surface area contributed by atoms with Gasteiger partial charge in [0.1, 0.15) is 7.28 Å². The number of fused-ring (bicyclic) bond motifs is 1. The van der Waals surface area contributed by atoms with Gasteiger partial charge in [0.2, 0.25) is 0 Å². The summed E-state index contributed by atoms with van der Waals surface area (Å²) in [5, 5.41) is 8.10. The van der Waals surface area contributed by atoms with Crippen LogP contribution >= 0.6 is 0 Å². The van der Waals surface area contributed by atoms with E-state index < -0.39 is 5.92 Å². The molecule has 1 aliphatic rings. The fourth-order valence-electron chi connectivity index (χ4n) is 3.45. The van der Waals surface area contributed by atoms with E-state index in [1.807, 2.05) is 13.8 Å². The summed E-state index contributed by atoms with van der Waals surface area (Å²) in [6.07, 6.45) is 1.99. The summed E-state index contributed by atoms with van der Waals surface area (Å²) in [5.41, 5.74) is 0.260. The third kappa shape index (κ3) is 3.48. The van der Waals surface area contributed by atoms with Gasteiger partial charge in [-0.3, -0.25) is 4.68 Å². The Morgan fingerprint density at radius 1 is 1.13 bits per heavy atom. The number of alkyl halides is 2. The molecule has 2 rings (SSSR count). The molecule has 0 radical (unpaired) electrons. The quantitative estimate of drug-likeness (QED) is 0.793. The number of hydrogen-bond acceptors (Lipinski definition) is 2. The smallest absolute Gasteiger partial charge is 0.251 e. The highest BCUT2D eigenvalue weighted by Crippen LogP contribution is 2.46. The van der Waals surface area contributed by atoms with Gasteiger partial charge in [-0.1, -0.05) is 38.0 Å². The summed E-state index contributed by atoms with van der Waals surface area (Å²) in [7, 11) is 1.84. The maximum atomic E-state index is 14.7. The molecule has 1 unspecified atom stereocenters. The molecule has 0 saturated carbocycles. The largest absolute Gasteiger partial charge is 0.293 e. The van der Waals surface area contributed by atoms with Crippen molar-refractivity contribution in [2.24, 2.45) is 5.92 Å². The van der Waals surface area contributed by atoms with Gasteiger partial charge < -0.3 is 0 Å². The third-order valence-electron chi connectivity index (χ3n) is 6.10. The Hall–Kier alpha value is -0.870. The van der Waals surface area contributed by atoms with Gasteiger partial charge in [-0.2, -0.15) is 8.78 Å². The lowest BCUT2D eigenvalue weighted by Gasteiger charge is -2.36. The van der Waals surface area contributed by atoms with Crippen LogP contribution < -0.4 is 0 Å². The lowest BCUT2D eigenvalue weighted by molar-refractivity contribution is -0.0284. The van der Waals surface area contributed by atoms with Gasteiger partial charge >= 0.3 is 0 Å². The van der Waals surface area contributed by atoms with Crippen LogP contribution in [0.2, 0.25) is 19.0 Å². The zero-order valence-corrected chi connectivity index (χ0v) is 15.4. The van der Waals surface area contributed by atoms with E-state index in [2.05, 4.69) is 37.8 Å². The van der Waals surface area contributed by atoms with Gasteiger partial charge in [-0.15, -0.1) is 5.10 Å². The van der Waals surface area contributed by atoms with Crippen molar-refractivity contribution >= 4 is 14.6 Å². The van der Waals surface area contributed by atoms with Crippen molar-refractivity contribution in [3.05, 3.63) is 11.4 Å². The standard InChI is InChI=1S/C16H29B2F2N3/c1-14(2,17-5)11-7-8-12-13(16(19,20)10-9-11)21-22-23(12)15(3,4)18-6/h11,17-18H,7-10H2,1-6H3. The van der Waals surface area contributed by atoms with Crippen molar-refractivity contribution in [1.82, 2.24) is 15.0 Å². The van der Waals surface area contributed by atoms with Crippen LogP contribution in [-0.2, 0) is 17.8 Å². The Bertz CT molecular complexity index is 542. The van der Waals surface area contributed by atoms with E-state index in [1.165, 1.54) is 0 Å². The Morgan fingerprint density at radius 2 is 1.78 bits per heavy atom. The van der Waals surface area contributed by atoms with Crippen LogP contribution in [0.1, 0.15) is 58.3 Å². The fourth-order valence-corrected chi connectivity index (χ4v) is 3.45. The second-order valence-corrected chi connectivity index (χ2v) is 8.28. The first-order valence-electron chi connectivity index (χ1n) is 8.88. The third-order valence-corrected chi connectivity index (χ3v) is 6.10. The summed E-state index contributed by atoms with van der Waals surface area (Å²) < 4.78 is 31.1. The second kappa shape index (κ2) is 6.21. The molecule has 0 saturated heterocycles. The topological polar surface area (TPSA) is 30.7 Å². The van der Waals surface area contributed by atoms with Crippen molar-refractivity contribution in [2.45, 2.75) is 83.7 Å². The van der Waals surface area contributed by atoms with Crippen LogP contribution in [0.4, 0.5) is 8.78 Å². The number of hydrogen-bond donors (Lipinski definition) is 0. The molecule has 0 fully saturated rings. The maximum absolute atomic E-state index is 14.7. The normalized spacial score (nSPS) is 22.0. The molecule has 128 valence electrons. The van der Waals surface area contributed by atoms with Gasteiger partial charge in [0.15, 0.2) is 13.0 Å². The molecule has 0 aliphatic heterocycles. The highest BCUT2D eigenvalue weighted by atomic mass is 19.3. The minimum absolute atomic E-state index is 0.0894. The molecule has 1 aromatic heterocycles. The van der Waals surface area contributed by atoms with Crippen LogP contribution in [0, 0.1) is 5.92 Å². The van der Waals surface area contributed by atoms with E-state index in [1.54, 1.807) is 4.68 Å². The van der Waals surface area contributed by atoms with Gasteiger partial charge in [0.05, 0.1) is 5.69 Å². The van der Waals surface area contributed by atoms with Gasteiger partial charge in [-0.25, -0.2) is 0 Å². The molecule has 3 nitrogen and oxygen atoms in total. The van der Waals surface area contributed by atoms with Gasteiger partial charge in [0, 0.05) is 11.9 Å². The van der Waals surface area contributed by atoms with Crippen molar-refractivity contribution in [1.29, 1.82) is 0 Å². The zero-order valence-electron chi connectivity index (χ0n) is 15.4. The molecule has 7 heteroatoms. The zero-order chi connectivity index (χ0) is 17.5. The van der Waals surface area contributed by atoms with E-state index in [-0.39, 0.29) is 22.9 Å². The molecule has 0 amide bonds. The van der Waals surface area contributed by atoms with Crippen molar-refractivity contribution in [3.8, 4) is 0 Å². The summed E-state index contributed by atoms with van der Waals surface area (Å²) in [4.78, 5) is 0. The van der Waals surface area contributed by atoms with Crippen molar-refractivity contribution < 1.29 is 8.78 Å². The molecule has 1 atom stereocenters. The number of rotatable bonds is 4. The van der Waals surface area contributed by atoms with Crippen LogP contribution in [-0.4, -0.2) is 29.6 Å². The molecule has 1 aromatic rings. The van der Waals surface area contributed by atoms with Gasteiger partial charge in [0.25, 0.3) is 5.92 Å². The summed E-state index contributed by atoms with van der Waals surface area (Å²) in [5.74, 6) is -2.57. The van der Waals surface area contributed by atoms with E-state index in [0.29, 0.717) is 24.5 Å². The lowest BCUT2D eigenvalue weighted by Crippen LogP contribution is -2.35. The average Bonchev–Trinajstić information content (AvgIpc) is 2.90. The van der Waals surface area contributed by atoms with Crippen LogP contribution in [0.25, 0.3) is 0 Å². The molecule has 0 bridgehead atoms. The molecule has 1 heterocycles. The fraction of sp³-hybridized carbons (Fsp3) is 0.875. The Balaban J connectivity index is 2.43. The van der Waals surface area contributed by atoms with Crippen molar-refractivity contribution in [3.63, 3.8) is 0 Å². The van der Waals surface area contributed by atoms with Crippen LogP contribution in [0.15, 0.2) is 0 Å². The monoisotopic (exact) mass is 323 g/mol. The summed E-state index contributed by atoms with van der Waals surface area (Å²) in [6.45, 7) is 12.7. The maximum Gasteiger partial charge on any atom is 0.293 e. The first-order valence-corrected chi connectivity index (χ1v) is 8.88. The summed E-state index contributed by atoms with van der Waals surface area (Å²) >= 11 is 0. The Kier molecular flexibility index (Phi) is 4.99. The highest BCUT2D eigenvalue weighted by molar-refractivity contribution is 6.38. The van der Waals surface area contributed by atoms with E-state index in [0.717, 1.165) is 21.0 Å². The predicted molar refractivity (Wildman–Crippen MR) is 94.4 cm³/mol. The van der Waals surface area contributed by atoms with E-state index >= 15 is 0 Å². The number of aromatic nitrogens is 3. The first kappa shape index (κ1) is 18.5. The Labute approximate surface area is 140 Å².